The maximum absolute atomic E-state index is 12.6. The number of phenols is 1. The van der Waals surface area contributed by atoms with E-state index in [0.717, 1.165) is 28.9 Å². The number of nitrogens with zero attached hydrogens (tertiary/aromatic N) is 1. The number of methoxy groups -OCH3 is 1. The molecule has 1 fully saturated rings. The lowest BCUT2D eigenvalue weighted by Crippen LogP contribution is -2.36. The summed E-state index contributed by atoms with van der Waals surface area (Å²) in [7, 11) is 1.65. The number of rotatable bonds is 6. The van der Waals surface area contributed by atoms with Gasteiger partial charge in [0.25, 0.3) is 5.91 Å². The first-order valence-corrected chi connectivity index (χ1v) is 9.52. The minimum atomic E-state index is -0.282. The van der Waals surface area contributed by atoms with Crippen LogP contribution in [0.5, 0.6) is 11.5 Å². The maximum Gasteiger partial charge on any atom is 0.255 e. The van der Waals surface area contributed by atoms with Gasteiger partial charge in [-0.2, -0.15) is 0 Å². The van der Waals surface area contributed by atoms with Gasteiger partial charge < -0.3 is 15.2 Å². The molecule has 0 spiro atoms. The van der Waals surface area contributed by atoms with E-state index in [4.69, 9.17) is 4.74 Å². The van der Waals surface area contributed by atoms with E-state index in [1.165, 1.54) is 18.9 Å². The number of nitrogens with one attached hydrogen (secondary N) is 1. The molecule has 1 aliphatic rings. The summed E-state index contributed by atoms with van der Waals surface area (Å²) in [6.45, 7) is 2.50. The van der Waals surface area contributed by atoms with E-state index in [9.17, 15) is 9.90 Å². The van der Waals surface area contributed by atoms with Gasteiger partial charge in [0.15, 0.2) is 0 Å². The fourth-order valence-corrected chi connectivity index (χ4v) is 3.70. The van der Waals surface area contributed by atoms with Crippen molar-refractivity contribution in [3.8, 4) is 11.5 Å². The Morgan fingerprint density at radius 1 is 1.27 bits per heavy atom. The van der Waals surface area contributed by atoms with E-state index in [1.807, 2.05) is 18.2 Å². The Balaban J connectivity index is 1.77. The number of hydrogen-bond donors (Lipinski definition) is 2. The Morgan fingerprint density at radius 2 is 2.04 bits per heavy atom. The zero-order chi connectivity index (χ0) is 18.5. The van der Waals surface area contributed by atoms with E-state index in [1.54, 1.807) is 19.2 Å². The Morgan fingerprint density at radius 3 is 2.77 bits per heavy atom. The van der Waals surface area contributed by atoms with Crippen molar-refractivity contribution >= 4 is 21.8 Å². The van der Waals surface area contributed by atoms with Crippen LogP contribution >= 0.6 is 15.9 Å². The Bertz CT molecular complexity index is 775. The van der Waals surface area contributed by atoms with Gasteiger partial charge in [-0.05, 0) is 61.8 Å². The molecule has 1 amide bonds. The van der Waals surface area contributed by atoms with Crippen molar-refractivity contribution < 1.29 is 14.6 Å². The first-order valence-electron chi connectivity index (χ1n) is 8.73. The molecule has 0 bridgehead atoms. The molecule has 2 aromatic carbocycles. The predicted molar refractivity (Wildman–Crippen MR) is 105 cm³/mol. The molecule has 1 aliphatic heterocycles. The zero-order valence-corrected chi connectivity index (χ0v) is 16.3. The normalized spacial score (nSPS) is 15.6. The van der Waals surface area contributed by atoms with E-state index >= 15 is 0 Å². The number of likely N-dealkylation sites (tertiary alicyclic amines) is 1. The average Bonchev–Trinajstić information content (AvgIpc) is 3.18. The third kappa shape index (κ3) is 4.37. The van der Waals surface area contributed by atoms with Crippen LogP contribution in [-0.4, -0.2) is 42.7 Å². The second-order valence-electron chi connectivity index (χ2n) is 6.41. The number of halogens is 1. The maximum atomic E-state index is 12.6. The largest absolute Gasteiger partial charge is 0.507 e. The molecule has 6 heteroatoms. The molecular formula is C20H23BrN2O3. The van der Waals surface area contributed by atoms with Crippen molar-refractivity contribution in [3.05, 3.63) is 58.1 Å². The van der Waals surface area contributed by atoms with E-state index in [2.05, 4.69) is 32.2 Å². The second kappa shape index (κ2) is 8.56. The third-order valence-corrected chi connectivity index (χ3v) is 5.21. The lowest BCUT2D eigenvalue weighted by Gasteiger charge is -2.28. The van der Waals surface area contributed by atoms with Crippen molar-refractivity contribution in [2.75, 3.05) is 26.7 Å². The quantitative estimate of drug-likeness (QED) is 0.749. The number of benzene rings is 2. The first-order chi connectivity index (χ1) is 12.6. The summed E-state index contributed by atoms with van der Waals surface area (Å²) in [5, 5.41) is 12.9. The zero-order valence-electron chi connectivity index (χ0n) is 14.7. The predicted octanol–water partition coefficient (Wildman–Crippen LogP) is 3.73. The average molecular weight is 419 g/mol. The number of amides is 1. The Labute approximate surface area is 162 Å². The van der Waals surface area contributed by atoms with Gasteiger partial charge >= 0.3 is 0 Å². The molecule has 0 radical (unpaired) electrons. The highest BCUT2D eigenvalue weighted by atomic mass is 79.9. The van der Waals surface area contributed by atoms with Crippen LogP contribution in [0.25, 0.3) is 0 Å². The third-order valence-electron chi connectivity index (χ3n) is 4.72. The van der Waals surface area contributed by atoms with Crippen molar-refractivity contribution in [3.63, 3.8) is 0 Å². The molecule has 2 aromatic rings. The minimum Gasteiger partial charge on any atom is -0.507 e. The van der Waals surface area contributed by atoms with Crippen LogP contribution in [0.4, 0.5) is 0 Å². The van der Waals surface area contributed by atoms with Crippen molar-refractivity contribution in [2.24, 2.45) is 0 Å². The molecular weight excluding hydrogens is 396 g/mol. The smallest absolute Gasteiger partial charge is 0.255 e. The van der Waals surface area contributed by atoms with E-state index in [-0.39, 0.29) is 23.3 Å². The molecule has 26 heavy (non-hydrogen) atoms. The van der Waals surface area contributed by atoms with Gasteiger partial charge in [0.2, 0.25) is 0 Å². The van der Waals surface area contributed by atoms with E-state index in [0.29, 0.717) is 6.54 Å². The number of carbonyl (C=O) groups is 1. The summed E-state index contributed by atoms with van der Waals surface area (Å²) >= 11 is 3.34. The van der Waals surface area contributed by atoms with Crippen molar-refractivity contribution in [1.82, 2.24) is 10.2 Å². The van der Waals surface area contributed by atoms with Gasteiger partial charge in [-0.1, -0.05) is 28.1 Å². The van der Waals surface area contributed by atoms with Gasteiger partial charge in [0.05, 0.1) is 18.7 Å². The van der Waals surface area contributed by atoms with Crippen LogP contribution in [0.3, 0.4) is 0 Å². The Kier molecular flexibility index (Phi) is 6.16. The molecule has 1 heterocycles. The summed E-state index contributed by atoms with van der Waals surface area (Å²) in [6, 6.07) is 12.9. The highest BCUT2D eigenvalue weighted by Crippen LogP contribution is 2.28. The molecule has 1 unspecified atom stereocenters. The molecule has 5 nitrogen and oxygen atoms in total. The van der Waals surface area contributed by atoms with Gasteiger partial charge in [0, 0.05) is 11.0 Å². The van der Waals surface area contributed by atoms with E-state index < -0.39 is 0 Å². The highest BCUT2D eigenvalue weighted by Gasteiger charge is 2.25. The van der Waals surface area contributed by atoms with Crippen LogP contribution in [0, 0.1) is 0 Å². The summed E-state index contributed by atoms with van der Waals surface area (Å²) in [5.74, 6) is 0.503. The highest BCUT2D eigenvalue weighted by molar-refractivity contribution is 9.10. The fourth-order valence-electron chi connectivity index (χ4n) is 3.33. The molecule has 3 rings (SSSR count). The molecule has 0 aliphatic carbocycles. The molecule has 0 aromatic heterocycles. The summed E-state index contributed by atoms with van der Waals surface area (Å²) in [5.41, 5.74) is 1.38. The van der Waals surface area contributed by atoms with Crippen LogP contribution in [-0.2, 0) is 0 Å². The lowest BCUT2D eigenvalue weighted by atomic mass is 10.0. The van der Waals surface area contributed by atoms with Gasteiger partial charge in [-0.3, -0.25) is 9.69 Å². The Hall–Kier alpha value is -2.05. The SMILES string of the molecule is COc1cccc(C(CNC(=O)c2cc(Br)ccc2O)N2CCCC2)c1. The number of aromatic hydroxyl groups is 1. The van der Waals surface area contributed by atoms with Crippen LogP contribution in [0.15, 0.2) is 46.9 Å². The first kappa shape index (κ1) is 18.7. The van der Waals surface area contributed by atoms with Gasteiger partial charge in [-0.25, -0.2) is 0 Å². The fraction of sp³-hybridized carbons (Fsp3) is 0.350. The second-order valence-corrected chi connectivity index (χ2v) is 7.32. The standard InChI is InChI=1S/C20H23BrN2O3/c1-26-16-6-4-5-14(11-16)18(23-9-2-3-10-23)13-22-20(25)17-12-15(21)7-8-19(17)24/h4-8,11-12,18,24H,2-3,9-10,13H2,1H3,(H,22,25). The molecule has 1 atom stereocenters. The summed E-state index contributed by atoms with van der Waals surface area (Å²) in [6.07, 6.45) is 2.33. The molecule has 1 saturated heterocycles. The molecule has 138 valence electrons. The molecule has 2 N–H and O–H groups in total. The number of phenolic OH excluding ortho intramolecular Hbond substituents is 1. The number of hydrogen-bond acceptors (Lipinski definition) is 4. The van der Waals surface area contributed by atoms with Crippen LogP contribution in [0.2, 0.25) is 0 Å². The van der Waals surface area contributed by atoms with Crippen molar-refractivity contribution in [1.29, 1.82) is 0 Å². The van der Waals surface area contributed by atoms with Gasteiger partial charge in [-0.15, -0.1) is 0 Å². The van der Waals surface area contributed by atoms with Crippen LogP contribution in [0.1, 0.15) is 34.8 Å². The minimum absolute atomic E-state index is 0.0233. The molecule has 0 saturated carbocycles. The number of carbonyl (C=O) groups excluding carboxylic acids is 1. The van der Waals surface area contributed by atoms with Crippen LogP contribution < -0.4 is 10.1 Å². The van der Waals surface area contributed by atoms with Gasteiger partial charge in [0.1, 0.15) is 11.5 Å². The van der Waals surface area contributed by atoms with Crippen molar-refractivity contribution in [2.45, 2.75) is 18.9 Å². The monoisotopic (exact) mass is 418 g/mol. The summed E-state index contributed by atoms with van der Waals surface area (Å²) in [4.78, 5) is 14.9. The number of ether oxygens (including phenoxy) is 1. The lowest BCUT2D eigenvalue weighted by molar-refractivity contribution is 0.0935. The summed E-state index contributed by atoms with van der Waals surface area (Å²) < 4.78 is 6.10. The topological polar surface area (TPSA) is 61.8 Å².